The van der Waals surface area contributed by atoms with Gasteiger partial charge in [0.05, 0.1) is 19.8 Å². The van der Waals surface area contributed by atoms with E-state index in [1.165, 1.54) is 12.8 Å². The number of hydrogen-bond donors (Lipinski definition) is 0. The smallest absolute Gasteiger partial charge is 0.252 e. The summed E-state index contributed by atoms with van der Waals surface area (Å²) in [6, 6.07) is 8.53. The second-order valence-electron chi connectivity index (χ2n) is 8.65. The first-order valence-corrected chi connectivity index (χ1v) is 10.3. The maximum Gasteiger partial charge on any atom is 0.252 e. The Hall–Kier alpha value is -1.59. The zero-order valence-corrected chi connectivity index (χ0v) is 16.3. The Morgan fingerprint density at radius 1 is 1.22 bits per heavy atom. The minimum atomic E-state index is -0.247. The molecule has 0 unspecified atom stereocenters. The van der Waals surface area contributed by atoms with E-state index in [1.54, 1.807) is 0 Å². The number of benzene rings is 1. The molecule has 2 aliphatic heterocycles. The number of hydrogen-bond acceptors (Lipinski definition) is 4. The molecule has 148 valence electrons. The average Bonchev–Trinajstić information content (AvgIpc) is 3.36. The lowest BCUT2D eigenvalue weighted by Gasteiger charge is -2.37. The van der Waals surface area contributed by atoms with Crippen molar-refractivity contribution in [2.24, 2.45) is 5.41 Å². The first-order chi connectivity index (χ1) is 13.1. The molecule has 3 aliphatic rings. The molecule has 2 heterocycles. The molecule has 1 aromatic carbocycles. The van der Waals surface area contributed by atoms with Crippen LogP contribution in [0.3, 0.4) is 0 Å². The summed E-state index contributed by atoms with van der Waals surface area (Å²) < 4.78 is 17.0. The highest BCUT2D eigenvalue weighted by Crippen LogP contribution is 2.30. The van der Waals surface area contributed by atoms with Gasteiger partial charge in [0.25, 0.3) is 5.91 Å². The molecular formula is C22H31NO4. The highest BCUT2D eigenvalue weighted by atomic mass is 16.5. The number of ether oxygens (including phenoxy) is 3. The van der Waals surface area contributed by atoms with Gasteiger partial charge in [-0.1, -0.05) is 31.9 Å². The van der Waals surface area contributed by atoms with Gasteiger partial charge >= 0.3 is 0 Å². The standard InChI is InChI=1S/C22H31NO4/c1-22(14-25-15-22)16-27-19-9-4-6-17(12-19)13-23(18-7-2-3-8-18)21(24)20-10-5-11-26-20/h4,6,9,12,18,20H,2-3,5,7-8,10-11,13-16H2,1H3/t20-/m0/s1. The lowest BCUT2D eigenvalue weighted by molar-refractivity contribution is -0.144. The number of amides is 1. The molecule has 0 radical (unpaired) electrons. The molecule has 5 heteroatoms. The third kappa shape index (κ3) is 4.46. The van der Waals surface area contributed by atoms with Crippen LogP contribution < -0.4 is 4.74 Å². The van der Waals surface area contributed by atoms with Gasteiger partial charge in [0.1, 0.15) is 11.9 Å². The van der Waals surface area contributed by atoms with Gasteiger partial charge in [0, 0.05) is 24.6 Å². The van der Waals surface area contributed by atoms with E-state index >= 15 is 0 Å². The molecule has 1 aliphatic carbocycles. The third-order valence-electron chi connectivity index (χ3n) is 5.99. The fourth-order valence-corrected chi connectivity index (χ4v) is 4.28. The molecule has 1 aromatic rings. The fraction of sp³-hybridized carbons (Fsp3) is 0.682. The molecule has 0 N–H and O–H groups in total. The maximum atomic E-state index is 13.1. The molecule has 27 heavy (non-hydrogen) atoms. The van der Waals surface area contributed by atoms with Gasteiger partial charge in [-0.15, -0.1) is 0 Å². The summed E-state index contributed by atoms with van der Waals surface area (Å²) >= 11 is 0. The van der Waals surface area contributed by atoms with Crippen LogP contribution in [-0.2, 0) is 20.8 Å². The molecule has 2 saturated heterocycles. The second-order valence-corrected chi connectivity index (χ2v) is 8.65. The van der Waals surface area contributed by atoms with Crippen LogP contribution in [0.15, 0.2) is 24.3 Å². The van der Waals surface area contributed by atoms with E-state index in [0.717, 1.165) is 50.2 Å². The van der Waals surface area contributed by atoms with Gasteiger partial charge in [-0.3, -0.25) is 4.79 Å². The van der Waals surface area contributed by atoms with Crippen molar-refractivity contribution < 1.29 is 19.0 Å². The first-order valence-electron chi connectivity index (χ1n) is 10.3. The lowest BCUT2D eigenvalue weighted by atomic mass is 9.90. The Morgan fingerprint density at radius 2 is 2.04 bits per heavy atom. The first kappa shape index (κ1) is 18.8. The second kappa shape index (κ2) is 8.19. The fourth-order valence-electron chi connectivity index (χ4n) is 4.28. The van der Waals surface area contributed by atoms with Crippen LogP contribution in [-0.4, -0.2) is 49.4 Å². The molecule has 1 saturated carbocycles. The number of rotatable bonds is 7. The zero-order chi connectivity index (χ0) is 18.7. The molecule has 1 atom stereocenters. The monoisotopic (exact) mass is 373 g/mol. The highest BCUT2D eigenvalue weighted by Gasteiger charge is 2.35. The van der Waals surface area contributed by atoms with Crippen molar-refractivity contribution in [3.63, 3.8) is 0 Å². The van der Waals surface area contributed by atoms with Crippen LogP contribution in [0, 0.1) is 5.41 Å². The third-order valence-corrected chi connectivity index (χ3v) is 5.99. The van der Waals surface area contributed by atoms with Gasteiger partial charge in [-0.05, 0) is 43.4 Å². The predicted octanol–water partition coefficient (Wildman–Crippen LogP) is 3.55. The van der Waals surface area contributed by atoms with Crippen molar-refractivity contribution in [3.8, 4) is 5.75 Å². The highest BCUT2D eigenvalue weighted by molar-refractivity contribution is 5.81. The molecule has 0 aromatic heterocycles. The molecular weight excluding hydrogens is 342 g/mol. The zero-order valence-electron chi connectivity index (χ0n) is 16.3. The Morgan fingerprint density at radius 3 is 2.70 bits per heavy atom. The van der Waals surface area contributed by atoms with E-state index in [0.29, 0.717) is 25.8 Å². The van der Waals surface area contributed by atoms with Gasteiger partial charge in [0.15, 0.2) is 0 Å². The van der Waals surface area contributed by atoms with Gasteiger partial charge in [-0.25, -0.2) is 0 Å². The van der Waals surface area contributed by atoms with Crippen molar-refractivity contribution in [1.82, 2.24) is 4.90 Å². The van der Waals surface area contributed by atoms with Crippen LogP contribution in [0.4, 0.5) is 0 Å². The van der Waals surface area contributed by atoms with Crippen molar-refractivity contribution in [1.29, 1.82) is 0 Å². The topological polar surface area (TPSA) is 48.0 Å². The number of nitrogens with zero attached hydrogens (tertiary/aromatic N) is 1. The van der Waals surface area contributed by atoms with Crippen LogP contribution >= 0.6 is 0 Å². The van der Waals surface area contributed by atoms with Crippen molar-refractivity contribution >= 4 is 5.91 Å². The Kier molecular flexibility index (Phi) is 5.69. The van der Waals surface area contributed by atoms with Crippen molar-refractivity contribution in [3.05, 3.63) is 29.8 Å². The number of carbonyl (C=O) groups is 1. The Bertz CT molecular complexity index is 645. The van der Waals surface area contributed by atoms with E-state index in [2.05, 4.69) is 24.0 Å². The van der Waals surface area contributed by atoms with Gasteiger partial charge in [-0.2, -0.15) is 0 Å². The molecule has 0 bridgehead atoms. The van der Waals surface area contributed by atoms with Crippen LogP contribution in [0.25, 0.3) is 0 Å². The summed E-state index contributed by atoms with van der Waals surface area (Å²) in [5, 5.41) is 0. The molecule has 5 nitrogen and oxygen atoms in total. The van der Waals surface area contributed by atoms with E-state index in [4.69, 9.17) is 14.2 Å². The predicted molar refractivity (Wildman–Crippen MR) is 103 cm³/mol. The Labute approximate surface area is 162 Å². The minimum Gasteiger partial charge on any atom is -0.493 e. The molecule has 0 spiro atoms. The van der Waals surface area contributed by atoms with Crippen molar-refractivity contribution in [2.45, 2.75) is 64.1 Å². The molecule has 3 fully saturated rings. The van der Waals surface area contributed by atoms with Gasteiger partial charge < -0.3 is 19.1 Å². The van der Waals surface area contributed by atoms with E-state index in [9.17, 15) is 4.79 Å². The van der Waals surface area contributed by atoms with Crippen LogP contribution in [0.5, 0.6) is 5.75 Å². The van der Waals surface area contributed by atoms with E-state index < -0.39 is 0 Å². The normalized spacial score (nSPS) is 24.6. The summed E-state index contributed by atoms with van der Waals surface area (Å²) in [7, 11) is 0. The lowest BCUT2D eigenvalue weighted by Crippen LogP contribution is -2.44. The molecule has 1 amide bonds. The minimum absolute atomic E-state index is 0.127. The van der Waals surface area contributed by atoms with Gasteiger partial charge in [0.2, 0.25) is 0 Å². The van der Waals surface area contributed by atoms with E-state index in [-0.39, 0.29) is 17.4 Å². The summed E-state index contributed by atoms with van der Waals surface area (Å²) in [6.07, 6.45) is 6.23. The number of carbonyl (C=O) groups excluding carboxylic acids is 1. The molecule has 4 rings (SSSR count). The summed E-state index contributed by atoms with van der Waals surface area (Å²) in [6.45, 7) is 5.72. The Balaban J connectivity index is 1.43. The largest absolute Gasteiger partial charge is 0.493 e. The maximum absolute atomic E-state index is 13.1. The summed E-state index contributed by atoms with van der Waals surface area (Å²) in [5.41, 5.74) is 1.25. The average molecular weight is 373 g/mol. The van der Waals surface area contributed by atoms with Crippen molar-refractivity contribution in [2.75, 3.05) is 26.4 Å². The SMILES string of the molecule is CC1(COc2cccc(CN(C(=O)[C@@H]3CCCO3)C3CCCC3)c2)COC1. The summed E-state index contributed by atoms with van der Waals surface area (Å²) in [4.78, 5) is 15.2. The van der Waals surface area contributed by atoms with Crippen LogP contribution in [0.1, 0.15) is 51.0 Å². The quantitative estimate of drug-likeness (QED) is 0.733. The van der Waals surface area contributed by atoms with Crippen LogP contribution in [0.2, 0.25) is 0 Å². The van der Waals surface area contributed by atoms with E-state index in [1.807, 2.05) is 12.1 Å². The summed E-state index contributed by atoms with van der Waals surface area (Å²) in [5.74, 6) is 1.04.